The summed E-state index contributed by atoms with van der Waals surface area (Å²) >= 11 is 0. The van der Waals surface area contributed by atoms with Crippen LogP contribution in [0.2, 0.25) is 0 Å². The molecular formula is C62H95N7O18. The first-order valence-electron chi connectivity index (χ1n) is 29.9. The fourth-order valence-corrected chi connectivity index (χ4v) is 11.2. The zero-order valence-corrected chi connectivity index (χ0v) is 52.9. The molecule has 12 atom stereocenters. The van der Waals surface area contributed by atoms with E-state index in [4.69, 9.17) is 37.9 Å². The van der Waals surface area contributed by atoms with Crippen molar-refractivity contribution in [3.63, 3.8) is 0 Å². The maximum Gasteiger partial charge on any atom is 0.410 e. The molecule has 2 aliphatic heterocycles. The van der Waals surface area contributed by atoms with Crippen molar-refractivity contribution in [2.24, 2.45) is 5.92 Å². The topological polar surface area (TPSA) is 333 Å². The van der Waals surface area contributed by atoms with Gasteiger partial charge in [0.15, 0.2) is 6.29 Å². The number of rotatable bonds is 20. The average Bonchev–Trinajstić information content (AvgIpc) is 1.81. The number of unbranched alkanes of at least 4 members (excludes halogenated alkanes) is 1. The lowest BCUT2D eigenvalue weighted by atomic mass is 9.72. The molecule has 2 heterocycles. The Labute approximate surface area is 510 Å². The van der Waals surface area contributed by atoms with E-state index in [1.165, 1.54) is 14.0 Å². The third-order valence-electron chi connectivity index (χ3n) is 14.7. The van der Waals surface area contributed by atoms with Gasteiger partial charge >= 0.3 is 30.5 Å². The van der Waals surface area contributed by atoms with Gasteiger partial charge in [0.1, 0.15) is 64.8 Å². The summed E-state index contributed by atoms with van der Waals surface area (Å²) in [6, 6.07) is 11.3. The molecule has 486 valence electrons. The van der Waals surface area contributed by atoms with Crippen molar-refractivity contribution in [1.29, 1.82) is 0 Å². The van der Waals surface area contributed by atoms with E-state index < -0.39 is 138 Å². The number of amides is 6. The predicted octanol–water partition coefficient (Wildman–Crippen LogP) is 5.58. The van der Waals surface area contributed by atoms with Crippen molar-refractivity contribution < 1.29 is 87.1 Å². The Balaban J connectivity index is 1.23. The number of ether oxygens (including phenoxy) is 8. The van der Waals surface area contributed by atoms with Crippen LogP contribution in [0.4, 0.5) is 24.0 Å². The maximum absolute atomic E-state index is 14.1. The van der Waals surface area contributed by atoms with Gasteiger partial charge in [0.25, 0.3) is 0 Å². The van der Waals surface area contributed by atoms with Crippen LogP contribution in [0, 0.1) is 5.92 Å². The zero-order chi connectivity index (χ0) is 64.4. The van der Waals surface area contributed by atoms with Crippen LogP contribution in [0.3, 0.4) is 0 Å². The molecule has 1 saturated carbocycles. The highest BCUT2D eigenvalue weighted by Crippen LogP contribution is 2.45. The van der Waals surface area contributed by atoms with Gasteiger partial charge in [-0.1, -0.05) is 48.5 Å². The highest BCUT2D eigenvalue weighted by molar-refractivity contribution is 5.81. The molecule has 0 spiro atoms. The van der Waals surface area contributed by atoms with Gasteiger partial charge in [-0.05, 0) is 157 Å². The molecule has 25 nitrogen and oxygen atoms in total. The summed E-state index contributed by atoms with van der Waals surface area (Å²) in [5, 5.41) is 65.3. The lowest BCUT2D eigenvalue weighted by molar-refractivity contribution is -0.305. The SMILES string of the molecule is CN(C(=O)OC(C)(C)C)[C@@H]1[C@@H](O)[C@@H](O[C@H]2[C@H](NC(=O)[C@@H](O)CCNC(=O)OC(C)(C)C)C[C@H](NC(=O)OC(C)(C)C)C([C@H]3OC(CNCCCCNC(=O)OCC4c5ccccc5-c5ccccc54)=CC[C@H]3NC(=O)OC(C)(C)C)[C@@H]2O)OC[C@]1(C)O. The van der Waals surface area contributed by atoms with Crippen LogP contribution >= 0.6 is 0 Å². The second kappa shape index (κ2) is 29.2. The van der Waals surface area contributed by atoms with Crippen LogP contribution in [0.1, 0.15) is 139 Å². The number of fused-ring (bicyclic) bond motifs is 3. The summed E-state index contributed by atoms with van der Waals surface area (Å²) in [7, 11) is 1.32. The molecule has 1 unspecified atom stereocenters. The number of benzene rings is 2. The van der Waals surface area contributed by atoms with Crippen LogP contribution in [-0.4, -0.2) is 197 Å². The summed E-state index contributed by atoms with van der Waals surface area (Å²) in [6.45, 7) is 21.8. The first-order valence-corrected chi connectivity index (χ1v) is 29.9. The Morgan fingerprint density at radius 1 is 0.690 bits per heavy atom. The maximum atomic E-state index is 14.1. The summed E-state index contributed by atoms with van der Waals surface area (Å²) < 4.78 is 47.3. The molecule has 2 aromatic rings. The van der Waals surface area contributed by atoms with Crippen molar-refractivity contribution >= 4 is 36.4 Å². The summed E-state index contributed by atoms with van der Waals surface area (Å²) in [5.74, 6) is -1.92. The second-order valence-electron chi connectivity index (χ2n) is 26.9. The summed E-state index contributed by atoms with van der Waals surface area (Å²) in [6.07, 6.45) is -11.3. The number of hydrogen-bond acceptors (Lipinski definition) is 19. The number of nitrogens with one attached hydrogen (secondary N) is 6. The van der Waals surface area contributed by atoms with Gasteiger partial charge in [-0.3, -0.25) is 4.79 Å². The number of nitrogens with zero attached hydrogens (tertiary/aromatic N) is 1. The van der Waals surface area contributed by atoms with Gasteiger partial charge in [0.05, 0.1) is 37.4 Å². The van der Waals surface area contributed by atoms with E-state index in [2.05, 4.69) is 56.2 Å². The van der Waals surface area contributed by atoms with Crippen molar-refractivity contribution in [3.05, 3.63) is 71.5 Å². The van der Waals surface area contributed by atoms with E-state index in [1.54, 1.807) is 89.2 Å². The molecule has 4 aliphatic rings. The zero-order valence-electron chi connectivity index (χ0n) is 52.9. The minimum Gasteiger partial charge on any atom is -0.491 e. The number of carbonyl (C=O) groups excluding carboxylic acids is 6. The second-order valence-corrected chi connectivity index (χ2v) is 26.9. The van der Waals surface area contributed by atoms with E-state index in [0.29, 0.717) is 31.7 Å². The van der Waals surface area contributed by atoms with Gasteiger partial charge < -0.3 is 95.1 Å². The fourth-order valence-electron chi connectivity index (χ4n) is 11.2. The molecule has 6 rings (SSSR count). The highest BCUT2D eigenvalue weighted by atomic mass is 16.7. The minimum absolute atomic E-state index is 0.0767. The Kier molecular flexibility index (Phi) is 23.4. The van der Waals surface area contributed by atoms with E-state index in [0.717, 1.165) is 27.2 Å². The van der Waals surface area contributed by atoms with E-state index >= 15 is 0 Å². The highest BCUT2D eigenvalue weighted by Gasteiger charge is 2.57. The Morgan fingerprint density at radius 3 is 1.82 bits per heavy atom. The first kappa shape index (κ1) is 69.6. The molecule has 2 fully saturated rings. The van der Waals surface area contributed by atoms with Gasteiger partial charge in [-0.15, -0.1) is 0 Å². The number of carbonyl (C=O) groups is 6. The largest absolute Gasteiger partial charge is 0.491 e. The number of hydrogen-bond donors (Lipinski definition) is 10. The first-order chi connectivity index (χ1) is 40.5. The molecule has 0 radical (unpaired) electrons. The third-order valence-corrected chi connectivity index (χ3v) is 14.7. The standard InChI is InChI=1S/C62H95N7O18/c1-58(2,3)84-54(75)65-30-27-44(70)51(73)66-43-31-42(68-56(77)86-60(7,8)9)45(46(71)49(43)83-52-47(72)50(62(13,79)34-81-52)69(14)57(78)87-61(10,11)12)48-41(67-55(76)85-59(4,5)6)26-25-35(82-48)32-63-28-19-20-29-64-53(74)80-33-40-38-23-17-15-21-36(38)37-22-16-18-24-39(37)40/h15-18,21-25,40-50,52,63,70-72,79H,19-20,26-34H2,1-14H3,(H,64,74)(H,65,75)(H,66,73)(H,67,76)(H,68,77)/t41-,42+,43-,44+,45?,46+,47-,48+,49+,50-,52-,62+/m1/s1. The number of aliphatic hydroxyl groups excluding tert-OH is 3. The Morgan fingerprint density at radius 2 is 1.23 bits per heavy atom. The molecule has 10 N–H and O–H groups in total. The van der Waals surface area contributed by atoms with Crippen molar-refractivity contribution in [3.8, 4) is 11.1 Å². The monoisotopic (exact) mass is 1230 g/mol. The summed E-state index contributed by atoms with van der Waals surface area (Å²) in [5.41, 5.74) is -1.14. The quantitative estimate of drug-likeness (QED) is 0.0571. The third kappa shape index (κ3) is 20.3. The van der Waals surface area contributed by atoms with E-state index in [1.807, 2.05) is 24.3 Å². The molecule has 87 heavy (non-hydrogen) atoms. The molecule has 2 aliphatic carbocycles. The van der Waals surface area contributed by atoms with Crippen LogP contribution in [0.25, 0.3) is 11.1 Å². The number of likely N-dealkylation sites (N-methyl/N-ethyl adjacent to an activating group) is 1. The Hall–Kier alpha value is -6.48. The van der Waals surface area contributed by atoms with E-state index in [-0.39, 0.29) is 44.9 Å². The van der Waals surface area contributed by atoms with Crippen LogP contribution in [0.5, 0.6) is 0 Å². The normalized spacial score (nSPS) is 26.0. The van der Waals surface area contributed by atoms with Gasteiger partial charge in [-0.25, -0.2) is 24.0 Å². The number of aliphatic hydroxyl groups is 4. The van der Waals surface area contributed by atoms with Gasteiger partial charge in [0, 0.05) is 38.0 Å². The fraction of sp³-hybridized carbons (Fsp3) is 0.677. The van der Waals surface area contributed by atoms with Crippen molar-refractivity contribution in [2.75, 3.05) is 46.4 Å². The summed E-state index contributed by atoms with van der Waals surface area (Å²) in [4.78, 5) is 81.5. The molecule has 1 saturated heterocycles. The molecule has 6 amide bonds. The molecule has 25 heteroatoms. The smallest absolute Gasteiger partial charge is 0.410 e. The lowest BCUT2D eigenvalue weighted by Gasteiger charge is -2.52. The van der Waals surface area contributed by atoms with Crippen LogP contribution in [0.15, 0.2) is 60.4 Å². The van der Waals surface area contributed by atoms with Crippen molar-refractivity contribution in [1.82, 2.24) is 36.8 Å². The van der Waals surface area contributed by atoms with Crippen LogP contribution in [-0.2, 0) is 42.7 Å². The van der Waals surface area contributed by atoms with Gasteiger partial charge in [0.2, 0.25) is 5.91 Å². The van der Waals surface area contributed by atoms with Crippen molar-refractivity contribution in [2.45, 2.75) is 217 Å². The molecule has 2 aromatic carbocycles. The molecular weight excluding hydrogens is 1130 g/mol. The Bertz CT molecular complexity index is 2670. The molecule has 0 aromatic heterocycles. The number of alkyl carbamates (subject to hydrolysis) is 4. The predicted molar refractivity (Wildman–Crippen MR) is 319 cm³/mol. The average molecular weight is 1230 g/mol. The molecule has 0 bridgehead atoms. The van der Waals surface area contributed by atoms with Crippen LogP contribution < -0.4 is 31.9 Å². The minimum atomic E-state index is -1.89. The van der Waals surface area contributed by atoms with E-state index in [9.17, 15) is 49.2 Å². The lowest BCUT2D eigenvalue weighted by Crippen LogP contribution is -2.71. The van der Waals surface area contributed by atoms with Gasteiger partial charge in [-0.2, -0.15) is 0 Å².